The Hall–Kier alpha value is -0.870. The van der Waals surface area contributed by atoms with E-state index in [0.29, 0.717) is 0 Å². The number of benzene rings is 1. The summed E-state index contributed by atoms with van der Waals surface area (Å²) in [7, 11) is -3.10. The molecule has 90 valence electrons. The number of aryl methyl sites for hydroxylation is 2. The van der Waals surface area contributed by atoms with Gasteiger partial charge in [-0.25, -0.2) is 8.42 Å². The van der Waals surface area contributed by atoms with Crippen LogP contribution >= 0.6 is 0 Å². The van der Waals surface area contributed by atoms with Crippen molar-refractivity contribution >= 4 is 9.84 Å². The van der Waals surface area contributed by atoms with Gasteiger partial charge >= 0.3 is 0 Å². The minimum absolute atomic E-state index is 0.463. The van der Waals surface area contributed by atoms with Crippen LogP contribution in [0.2, 0.25) is 0 Å². The molecular weight excluding hydrogens is 222 g/mol. The second-order valence-electron chi connectivity index (χ2n) is 4.42. The molecule has 4 heteroatoms. The monoisotopic (exact) mass is 241 g/mol. The van der Waals surface area contributed by atoms with E-state index in [4.69, 9.17) is 5.73 Å². The molecule has 0 amide bonds. The minimum atomic E-state index is -3.10. The van der Waals surface area contributed by atoms with Gasteiger partial charge < -0.3 is 5.73 Å². The average Bonchev–Trinajstić information content (AvgIpc) is 2.18. The Morgan fingerprint density at radius 2 is 1.81 bits per heavy atom. The van der Waals surface area contributed by atoms with E-state index in [0.717, 1.165) is 16.7 Å². The molecule has 2 atom stereocenters. The van der Waals surface area contributed by atoms with E-state index in [1.165, 1.54) is 6.26 Å². The zero-order chi connectivity index (χ0) is 12.5. The van der Waals surface area contributed by atoms with E-state index in [2.05, 4.69) is 0 Å². The lowest BCUT2D eigenvalue weighted by Crippen LogP contribution is -2.31. The molecule has 0 saturated heterocycles. The van der Waals surface area contributed by atoms with Gasteiger partial charge in [-0.3, -0.25) is 0 Å². The number of hydrogen-bond acceptors (Lipinski definition) is 3. The van der Waals surface area contributed by atoms with Gasteiger partial charge in [-0.1, -0.05) is 23.8 Å². The topological polar surface area (TPSA) is 60.2 Å². The van der Waals surface area contributed by atoms with Crippen molar-refractivity contribution < 1.29 is 8.42 Å². The normalized spacial score (nSPS) is 15.8. The maximum Gasteiger partial charge on any atom is 0.151 e. The highest BCUT2D eigenvalue weighted by molar-refractivity contribution is 7.91. The summed E-state index contributed by atoms with van der Waals surface area (Å²) in [6, 6.07) is 5.47. The van der Waals surface area contributed by atoms with Crippen LogP contribution in [0, 0.1) is 13.8 Å². The molecule has 0 aliphatic rings. The molecule has 3 nitrogen and oxygen atoms in total. The van der Waals surface area contributed by atoms with Gasteiger partial charge in [-0.2, -0.15) is 0 Å². The second-order valence-corrected chi connectivity index (χ2v) is 6.82. The molecule has 1 aromatic carbocycles. The summed E-state index contributed by atoms with van der Waals surface area (Å²) in [5, 5.41) is -0.562. The summed E-state index contributed by atoms with van der Waals surface area (Å²) in [4.78, 5) is 0. The van der Waals surface area contributed by atoms with Gasteiger partial charge in [0.1, 0.15) is 0 Å². The van der Waals surface area contributed by atoms with E-state index in [1.54, 1.807) is 6.92 Å². The predicted molar refractivity (Wildman–Crippen MR) is 67.2 cm³/mol. The summed E-state index contributed by atoms with van der Waals surface area (Å²) in [6.45, 7) is 5.58. The molecule has 1 aromatic rings. The Labute approximate surface area is 97.6 Å². The lowest BCUT2D eigenvalue weighted by atomic mass is 9.98. The molecule has 0 spiro atoms. The SMILES string of the molecule is Cc1ccc(C)c(C(N)C(C)S(C)(=O)=O)c1. The zero-order valence-corrected chi connectivity index (χ0v) is 11.0. The first-order valence-corrected chi connectivity index (χ1v) is 7.20. The molecule has 0 aromatic heterocycles. The minimum Gasteiger partial charge on any atom is -0.323 e. The van der Waals surface area contributed by atoms with Crippen LogP contribution in [0.3, 0.4) is 0 Å². The van der Waals surface area contributed by atoms with Crippen molar-refractivity contribution in [1.29, 1.82) is 0 Å². The lowest BCUT2D eigenvalue weighted by Gasteiger charge is -2.21. The molecule has 1 rings (SSSR count). The Morgan fingerprint density at radius 3 is 2.31 bits per heavy atom. The Morgan fingerprint density at radius 1 is 1.25 bits per heavy atom. The highest BCUT2D eigenvalue weighted by atomic mass is 32.2. The highest BCUT2D eigenvalue weighted by Crippen LogP contribution is 2.23. The molecule has 0 aliphatic carbocycles. The number of sulfone groups is 1. The summed E-state index contributed by atoms with van der Waals surface area (Å²) in [6.07, 6.45) is 1.22. The van der Waals surface area contributed by atoms with Crippen molar-refractivity contribution in [2.75, 3.05) is 6.26 Å². The van der Waals surface area contributed by atoms with Crippen LogP contribution in [-0.2, 0) is 9.84 Å². The summed E-state index contributed by atoms with van der Waals surface area (Å²) >= 11 is 0. The summed E-state index contributed by atoms with van der Waals surface area (Å²) < 4.78 is 22.9. The van der Waals surface area contributed by atoms with E-state index >= 15 is 0 Å². The smallest absolute Gasteiger partial charge is 0.151 e. The third-order valence-electron chi connectivity index (χ3n) is 2.97. The van der Waals surface area contributed by atoms with Gasteiger partial charge in [0.05, 0.1) is 5.25 Å². The Kier molecular flexibility index (Phi) is 3.76. The molecule has 0 radical (unpaired) electrons. The maximum atomic E-state index is 11.5. The first kappa shape index (κ1) is 13.2. The first-order chi connectivity index (χ1) is 7.23. The highest BCUT2D eigenvalue weighted by Gasteiger charge is 2.25. The van der Waals surface area contributed by atoms with Gasteiger partial charge in [0, 0.05) is 12.3 Å². The quantitative estimate of drug-likeness (QED) is 0.876. The van der Waals surface area contributed by atoms with Crippen LogP contribution in [0.5, 0.6) is 0 Å². The largest absolute Gasteiger partial charge is 0.323 e. The van der Waals surface area contributed by atoms with Gasteiger partial charge in [-0.05, 0) is 31.9 Å². The first-order valence-electron chi connectivity index (χ1n) is 5.25. The van der Waals surface area contributed by atoms with Gasteiger partial charge in [0.15, 0.2) is 9.84 Å². The molecule has 0 fully saturated rings. The van der Waals surface area contributed by atoms with Crippen LogP contribution in [0.15, 0.2) is 18.2 Å². The fourth-order valence-corrected chi connectivity index (χ4v) is 2.32. The van der Waals surface area contributed by atoms with E-state index in [1.807, 2.05) is 32.0 Å². The number of nitrogens with two attached hydrogens (primary N) is 1. The Bertz CT molecular complexity index is 480. The molecule has 0 aliphatic heterocycles. The fourth-order valence-electron chi connectivity index (χ4n) is 1.64. The van der Waals surface area contributed by atoms with Gasteiger partial charge in [0.2, 0.25) is 0 Å². The molecule has 0 saturated carbocycles. The van der Waals surface area contributed by atoms with Crippen molar-refractivity contribution in [2.24, 2.45) is 5.73 Å². The van der Waals surface area contributed by atoms with Crippen LogP contribution in [0.4, 0.5) is 0 Å². The third-order valence-corrected chi connectivity index (χ3v) is 4.62. The maximum absolute atomic E-state index is 11.5. The Balaban J connectivity index is 3.14. The molecule has 16 heavy (non-hydrogen) atoms. The van der Waals surface area contributed by atoms with E-state index < -0.39 is 21.1 Å². The van der Waals surface area contributed by atoms with Crippen molar-refractivity contribution in [2.45, 2.75) is 32.1 Å². The molecule has 2 N–H and O–H groups in total. The molecule has 0 heterocycles. The second kappa shape index (κ2) is 4.55. The van der Waals surface area contributed by atoms with Crippen molar-refractivity contribution in [3.05, 3.63) is 34.9 Å². The van der Waals surface area contributed by atoms with Crippen LogP contribution in [0.1, 0.15) is 29.7 Å². The van der Waals surface area contributed by atoms with Gasteiger partial charge in [0.25, 0.3) is 0 Å². The molecule has 0 bridgehead atoms. The van der Waals surface area contributed by atoms with Crippen LogP contribution < -0.4 is 5.73 Å². The average molecular weight is 241 g/mol. The molecule has 2 unspecified atom stereocenters. The third kappa shape index (κ3) is 2.83. The van der Waals surface area contributed by atoms with Crippen molar-refractivity contribution in [3.8, 4) is 0 Å². The molecular formula is C12H19NO2S. The number of hydrogen-bond donors (Lipinski definition) is 1. The van der Waals surface area contributed by atoms with Crippen molar-refractivity contribution in [1.82, 2.24) is 0 Å². The summed E-state index contributed by atoms with van der Waals surface area (Å²) in [5.41, 5.74) is 9.06. The lowest BCUT2D eigenvalue weighted by molar-refractivity contribution is 0.570. The number of rotatable bonds is 3. The van der Waals surface area contributed by atoms with E-state index in [9.17, 15) is 8.42 Å². The zero-order valence-electron chi connectivity index (χ0n) is 10.2. The van der Waals surface area contributed by atoms with E-state index in [-0.39, 0.29) is 0 Å². The fraction of sp³-hybridized carbons (Fsp3) is 0.500. The van der Waals surface area contributed by atoms with Crippen LogP contribution in [-0.4, -0.2) is 19.9 Å². The van der Waals surface area contributed by atoms with Crippen LogP contribution in [0.25, 0.3) is 0 Å². The predicted octanol–water partition coefficient (Wildman–Crippen LogP) is 1.74. The standard InChI is InChI=1S/C12H19NO2S/c1-8-5-6-9(2)11(7-8)12(13)10(3)16(4,14)15/h5-7,10,12H,13H2,1-4H3. The summed E-state index contributed by atoms with van der Waals surface area (Å²) in [5.74, 6) is 0. The van der Waals surface area contributed by atoms with Crippen molar-refractivity contribution in [3.63, 3.8) is 0 Å². The van der Waals surface area contributed by atoms with Gasteiger partial charge in [-0.15, -0.1) is 0 Å².